The number of thiophene rings is 1. The van der Waals surface area contributed by atoms with Crippen LogP contribution in [-0.2, 0) is 6.61 Å². The topological polar surface area (TPSA) is 37.3 Å². The zero-order chi connectivity index (χ0) is 10.1. The molecule has 0 bridgehead atoms. The molecule has 0 amide bonds. The van der Waals surface area contributed by atoms with E-state index >= 15 is 0 Å². The van der Waals surface area contributed by atoms with E-state index in [0.717, 1.165) is 24.8 Å². The minimum absolute atomic E-state index is 0.0813. The third-order valence-corrected chi connectivity index (χ3v) is 4.05. The number of rotatable bonds is 2. The van der Waals surface area contributed by atoms with Crippen LogP contribution in [0.3, 0.4) is 0 Å². The van der Waals surface area contributed by atoms with E-state index in [0.29, 0.717) is 5.56 Å². The average molecular weight is 318 g/mol. The van der Waals surface area contributed by atoms with Gasteiger partial charge in [0.05, 0.1) is 9.49 Å². The number of hydrogen-bond acceptors (Lipinski definition) is 3. The Kier molecular flexibility index (Phi) is 2.85. The Bertz CT molecular complexity index is 490. The Morgan fingerprint density at radius 1 is 1.50 bits per heavy atom. The van der Waals surface area contributed by atoms with Crippen LogP contribution in [0.25, 0.3) is 10.1 Å². The second kappa shape index (κ2) is 3.96. The van der Waals surface area contributed by atoms with Crippen molar-refractivity contribution in [1.82, 2.24) is 0 Å². The molecule has 4 heteroatoms. The minimum Gasteiger partial charge on any atom is -0.392 e. The molecule has 2 aromatic rings. The fourth-order valence-electron chi connectivity index (χ4n) is 1.42. The highest BCUT2D eigenvalue weighted by Crippen LogP contribution is 2.31. The first kappa shape index (κ1) is 10.1. The van der Waals surface area contributed by atoms with E-state index in [-0.39, 0.29) is 6.61 Å². The van der Waals surface area contributed by atoms with Crippen molar-refractivity contribution in [2.24, 2.45) is 0 Å². The van der Waals surface area contributed by atoms with Gasteiger partial charge in [-0.05, 0) is 34.0 Å². The van der Waals surface area contributed by atoms with Gasteiger partial charge in [-0.2, -0.15) is 0 Å². The summed E-state index contributed by atoms with van der Waals surface area (Å²) in [4.78, 5) is 10.7. The van der Waals surface area contributed by atoms with Crippen LogP contribution in [0.2, 0.25) is 0 Å². The molecule has 0 aliphatic heterocycles. The van der Waals surface area contributed by atoms with E-state index in [1.165, 1.54) is 0 Å². The third kappa shape index (κ3) is 1.57. The molecule has 0 fully saturated rings. The predicted octanol–water partition coefficient (Wildman–Crippen LogP) is 2.81. The van der Waals surface area contributed by atoms with Crippen LogP contribution in [0, 0.1) is 2.88 Å². The maximum Gasteiger partial charge on any atom is 0.150 e. The summed E-state index contributed by atoms with van der Waals surface area (Å²) in [6, 6.07) is 5.72. The second-order valence-electron chi connectivity index (χ2n) is 2.88. The molecule has 1 N–H and O–H groups in total. The van der Waals surface area contributed by atoms with Gasteiger partial charge in [0.1, 0.15) is 6.29 Å². The van der Waals surface area contributed by atoms with Gasteiger partial charge in [-0.25, -0.2) is 0 Å². The largest absolute Gasteiger partial charge is 0.392 e. The first-order valence-electron chi connectivity index (χ1n) is 4.03. The molecule has 1 aromatic heterocycles. The van der Waals surface area contributed by atoms with Crippen LogP contribution in [0.1, 0.15) is 15.9 Å². The van der Waals surface area contributed by atoms with E-state index < -0.39 is 0 Å². The molecule has 0 unspecified atom stereocenters. The fraction of sp³-hybridized carbons (Fsp3) is 0.100. The van der Waals surface area contributed by atoms with E-state index in [1.54, 1.807) is 17.4 Å². The Morgan fingerprint density at radius 2 is 2.29 bits per heavy atom. The number of aliphatic hydroxyl groups excluding tert-OH is 1. The van der Waals surface area contributed by atoms with E-state index in [9.17, 15) is 9.90 Å². The molecule has 2 rings (SSSR count). The number of carbonyl (C=O) groups is 1. The molecule has 0 atom stereocenters. The Hall–Kier alpha value is -0.460. The Labute approximate surface area is 98.7 Å². The molecule has 1 heterocycles. The summed E-state index contributed by atoms with van der Waals surface area (Å²) in [6.07, 6.45) is 0.789. The summed E-state index contributed by atoms with van der Waals surface area (Å²) in [5, 5.41) is 10.3. The highest BCUT2D eigenvalue weighted by molar-refractivity contribution is 14.1. The maximum atomic E-state index is 10.7. The molecular weight excluding hydrogens is 311 g/mol. The minimum atomic E-state index is -0.0813. The van der Waals surface area contributed by atoms with Crippen molar-refractivity contribution in [2.45, 2.75) is 6.61 Å². The van der Waals surface area contributed by atoms with Gasteiger partial charge in [0.15, 0.2) is 0 Å². The summed E-state index contributed by atoms with van der Waals surface area (Å²) in [7, 11) is 0. The number of halogens is 1. The van der Waals surface area contributed by atoms with Crippen LogP contribution < -0.4 is 0 Å². The second-order valence-corrected chi connectivity index (χ2v) is 5.82. The number of aliphatic hydroxyl groups is 1. The molecule has 0 saturated heterocycles. The van der Waals surface area contributed by atoms with E-state index in [1.807, 2.05) is 12.1 Å². The van der Waals surface area contributed by atoms with Gasteiger partial charge in [-0.15, -0.1) is 11.3 Å². The van der Waals surface area contributed by atoms with Crippen molar-refractivity contribution in [1.29, 1.82) is 0 Å². The van der Waals surface area contributed by atoms with Crippen molar-refractivity contribution >= 4 is 50.3 Å². The van der Waals surface area contributed by atoms with Crippen LogP contribution in [0.4, 0.5) is 0 Å². The molecule has 2 nitrogen and oxygen atoms in total. The van der Waals surface area contributed by atoms with Crippen molar-refractivity contribution in [3.8, 4) is 0 Å². The van der Waals surface area contributed by atoms with Crippen LogP contribution in [0.5, 0.6) is 0 Å². The lowest BCUT2D eigenvalue weighted by molar-refractivity contribution is 0.112. The number of hydrogen-bond donors (Lipinski definition) is 1. The van der Waals surface area contributed by atoms with Crippen LogP contribution in [0.15, 0.2) is 18.2 Å². The predicted molar refractivity (Wildman–Crippen MR) is 65.9 cm³/mol. The zero-order valence-corrected chi connectivity index (χ0v) is 10.1. The summed E-state index contributed by atoms with van der Waals surface area (Å²) < 4.78 is 2.18. The average Bonchev–Trinajstić information content (AvgIpc) is 2.56. The summed E-state index contributed by atoms with van der Waals surface area (Å²) in [6.45, 7) is -0.0813. The van der Waals surface area contributed by atoms with Crippen LogP contribution in [-0.4, -0.2) is 11.4 Å². The molecule has 72 valence electrons. The highest BCUT2D eigenvalue weighted by atomic mass is 127. The van der Waals surface area contributed by atoms with Gasteiger partial charge in [-0.1, -0.05) is 12.1 Å². The third-order valence-electron chi connectivity index (χ3n) is 2.08. The van der Waals surface area contributed by atoms with Crippen molar-refractivity contribution < 1.29 is 9.90 Å². The van der Waals surface area contributed by atoms with Gasteiger partial charge in [0.25, 0.3) is 0 Å². The normalized spacial score (nSPS) is 10.7. The zero-order valence-electron chi connectivity index (χ0n) is 7.16. The van der Waals surface area contributed by atoms with E-state index in [2.05, 4.69) is 22.6 Å². The lowest BCUT2D eigenvalue weighted by Crippen LogP contribution is -1.91. The van der Waals surface area contributed by atoms with Gasteiger partial charge in [0.2, 0.25) is 0 Å². The number of fused-ring (bicyclic) bond motifs is 1. The van der Waals surface area contributed by atoms with Crippen LogP contribution >= 0.6 is 33.9 Å². The first-order chi connectivity index (χ1) is 6.76. The standard InChI is InChI=1S/C10H7IO2S/c11-9-3-6-1-2-7(4-12)8(5-13)10(6)14-9/h1-4,13H,5H2. The van der Waals surface area contributed by atoms with Crippen molar-refractivity contribution in [3.05, 3.63) is 32.2 Å². The smallest absolute Gasteiger partial charge is 0.150 e. The lowest BCUT2D eigenvalue weighted by atomic mass is 10.1. The molecular formula is C10H7IO2S. The number of aldehydes is 1. The monoisotopic (exact) mass is 318 g/mol. The molecule has 0 aliphatic carbocycles. The highest BCUT2D eigenvalue weighted by Gasteiger charge is 2.08. The first-order valence-corrected chi connectivity index (χ1v) is 5.92. The molecule has 0 saturated carbocycles. The lowest BCUT2D eigenvalue weighted by Gasteiger charge is -2.01. The van der Waals surface area contributed by atoms with Gasteiger partial charge in [-0.3, -0.25) is 4.79 Å². The van der Waals surface area contributed by atoms with Gasteiger partial charge in [0, 0.05) is 15.8 Å². The molecule has 0 aliphatic rings. The van der Waals surface area contributed by atoms with Crippen molar-refractivity contribution in [2.75, 3.05) is 0 Å². The van der Waals surface area contributed by atoms with Gasteiger partial charge < -0.3 is 5.11 Å². The Balaban J connectivity index is 2.82. The maximum absolute atomic E-state index is 10.7. The fourth-order valence-corrected chi connectivity index (χ4v) is 3.35. The molecule has 0 spiro atoms. The van der Waals surface area contributed by atoms with Gasteiger partial charge >= 0.3 is 0 Å². The molecule has 1 aromatic carbocycles. The number of carbonyl (C=O) groups excluding carboxylic acids is 1. The molecule has 0 radical (unpaired) electrons. The summed E-state index contributed by atoms with van der Waals surface area (Å²) in [5.74, 6) is 0. The van der Waals surface area contributed by atoms with Crippen molar-refractivity contribution in [3.63, 3.8) is 0 Å². The Morgan fingerprint density at radius 3 is 2.93 bits per heavy atom. The molecule has 14 heavy (non-hydrogen) atoms. The SMILES string of the molecule is O=Cc1ccc2cc(I)sc2c1CO. The summed E-state index contributed by atoms with van der Waals surface area (Å²) in [5.41, 5.74) is 1.32. The quantitative estimate of drug-likeness (QED) is 0.683. The van der Waals surface area contributed by atoms with E-state index in [4.69, 9.17) is 0 Å². The number of benzene rings is 1. The summed E-state index contributed by atoms with van der Waals surface area (Å²) >= 11 is 3.84.